The summed E-state index contributed by atoms with van der Waals surface area (Å²) in [6.45, 7) is 2.42. The Bertz CT molecular complexity index is 492. The van der Waals surface area contributed by atoms with Crippen LogP contribution < -0.4 is 5.32 Å². The molecule has 0 atom stereocenters. The Balaban J connectivity index is 2.02. The molecule has 1 N–H and O–H groups in total. The summed E-state index contributed by atoms with van der Waals surface area (Å²) in [6, 6.07) is 6.43. The second-order valence-corrected chi connectivity index (χ2v) is 4.91. The van der Waals surface area contributed by atoms with E-state index >= 15 is 0 Å². The Morgan fingerprint density at radius 1 is 1.37 bits per heavy atom. The molecule has 1 aliphatic carbocycles. The Morgan fingerprint density at radius 3 is 2.95 bits per heavy atom. The summed E-state index contributed by atoms with van der Waals surface area (Å²) in [5.74, 6) is -0.267. The quantitative estimate of drug-likeness (QED) is 0.667. The van der Waals surface area contributed by atoms with E-state index in [9.17, 15) is 4.79 Å². The van der Waals surface area contributed by atoms with Gasteiger partial charge in [-0.25, -0.2) is 4.79 Å². The number of esters is 1. The molecular weight excluding hydrogens is 238 g/mol. The van der Waals surface area contributed by atoms with Gasteiger partial charge in [0.15, 0.2) is 0 Å². The Kier molecular flexibility index (Phi) is 4.61. The van der Waals surface area contributed by atoms with Crippen LogP contribution >= 0.6 is 0 Å². The van der Waals surface area contributed by atoms with E-state index in [1.165, 1.54) is 43.2 Å². The molecule has 0 saturated carbocycles. The van der Waals surface area contributed by atoms with Gasteiger partial charge >= 0.3 is 5.97 Å². The van der Waals surface area contributed by atoms with Gasteiger partial charge < -0.3 is 10.1 Å². The number of hydrogen-bond donors (Lipinski definition) is 1. The number of benzene rings is 1. The number of rotatable bonds is 4. The van der Waals surface area contributed by atoms with Gasteiger partial charge in [0, 0.05) is 17.8 Å². The standard InChI is InChI=1S/C16H21NO2/c1-12(16(18)19-2)10-11-17-15-9-5-7-13-6-3-4-8-14(13)15/h5,7,9-10,17H,3-4,6,8,11H2,1-2H3/b12-10+. The number of fused-ring (bicyclic) bond motifs is 1. The lowest BCUT2D eigenvalue weighted by Gasteiger charge is -2.19. The van der Waals surface area contributed by atoms with Gasteiger partial charge in [0.05, 0.1) is 7.11 Å². The molecule has 0 amide bonds. The van der Waals surface area contributed by atoms with Crippen LogP contribution in [-0.2, 0) is 22.4 Å². The Labute approximate surface area is 114 Å². The summed E-state index contributed by atoms with van der Waals surface area (Å²) in [4.78, 5) is 11.3. The second kappa shape index (κ2) is 6.41. The number of carbonyl (C=O) groups excluding carboxylic acids is 1. The number of anilines is 1. The third-order valence-corrected chi connectivity index (χ3v) is 3.60. The maximum Gasteiger partial charge on any atom is 0.333 e. The normalized spacial score (nSPS) is 14.7. The summed E-state index contributed by atoms with van der Waals surface area (Å²) in [5, 5.41) is 3.40. The highest BCUT2D eigenvalue weighted by molar-refractivity contribution is 5.87. The zero-order valence-electron chi connectivity index (χ0n) is 11.7. The van der Waals surface area contributed by atoms with Crippen LogP contribution in [0.4, 0.5) is 5.69 Å². The lowest BCUT2D eigenvalue weighted by Crippen LogP contribution is -2.10. The van der Waals surface area contributed by atoms with E-state index in [0.29, 0.717) is 12.1 Å². The van der Waals surface area contributed by atoms with Crippen molar-refractivity contribution in [3.63, 3.8) is 0 Å². The molecule has 3 heteroatoms. The van der Waals surface area contributed by atoms with Crippen molar-refractivity contribution in [3.05, 3.63) is 41.0 Å². The van der Waals surface area contributed by atoms with Crippen LogP contribution in [0, 0.1) is 0 Å². The molecule has 0 bridgehead atoms. The lowest BCUT2D eigenvalue weighted by molar-refractivity contribution is -0.136. The Hall–Kier alpha value is -1.77. The van der Waals surface area contributed by atoms with Crippen molar-refractivity contribution in [3.8, 4) is 0 Å². The van der Waals surface area contributed by atoms with Crippen molar-refractivity contribution in [2.24, 2.45) is 0 Å². The number of methoxy groups -OCH3 is 1. The number of aryl methyl sites for hydroxylation is 1. The zero-order chi connectivity index (χ0) is 13.7. The summed E-state index contributed by atoms with van der Waals surface area (Å²) in [7, 11) is 1.40. The Morgan fingerprint density at radius 2 is 2.16 bits per heavy atom. The minimum Gasteiger partial charge on any atom is -0.466 e. The van der Waals surface area contributed by atoms with Crippen molar-refractivity contribution >= 4 is 11.7 Å². The van der Waals surface area contributed by atoms with Gasteiger partial charge in [0.1, 0.15) is 0 Å². The minimum atomic E-state index is -0.267. The highest BCUT2D eigenvalue weighted by Gasteiger charge is 2.12. The van der Waals surface area contributed by atoms with Crippen molar-refractivity contribution < 1.29 is 9.53 Å². The molecule has 0 spiro atoms. The largest absolute Gasteiger partial charge is 0.466 e. The fourth-order valence-electron chi connectivity index (χ4n) is 2.51. The monoisotopic (exact) mass is 259 g/mol. The molecule has 1 aromatic rings. The topological polar surface area (TPSA) is 38.3 Å². The van der Waals surface area contributed by atoms with Crippen LogP contribution in [0.2, 0.25) is 0 Å². The summed E-state index contributed by atoms with van der Waals surface area (Å²) >= 11 is 0. The molecular formula is C16H21NO2. The number of nitrogens with one attached hydrogen (secondary N) is 1. The SMILES string of the molecule is COC(=O)/C(C)=C/CNc1cccc2c1CCCC2. The third-order valence-electron chi connectivity index (χ3n) is 3.60. The maximum atomic E-state index is 11.3. The fraction of sp³-hybridized carbons (Fsp3) is 0.438. The van der Waals surface area contributed by atoms with Crippen LogP contribution in [0.1, 0.15) is 30.9 Å². The van der Waals surface area contributed by atoms with E-state index < -0.39 is 0 Å². The molecule has 102 valence electrons. The average Bonchev–Trinajstić information content (AvgIpc) is 2.46. The van der Waals surface area contributed by atoms with Crippen molar-refractivity contribution in [1.82, 2.24) is 0 Å². The maximum absolute atomic E-state index is 11.3. The van der Waals surface area contributed by atoms with Crippen LogP contribution in [-0.4, -0.2) is 19.6 Å². The molecule has 0 saturated heterocycles. The van der Waals surface area contributed by atoms with Crippen LogP contribution in [0.3, 0.4) is 0 Å². The summed E-state index contributed by atoms with van der Waals surface area (Å²) < 4.78 is 4.67. The van der Waals surface area contributed by atoms with E-state index in [1.54, 1.807) is 6.92 Å². The van der Waals surface area contributed by atoms with Gasteiger partial charge in [-0.2, -0.15) is 0 Å². The molecule has 1 aliphatic rings. The molecule has 0 heterocycles. The van der Waals surface area contributed by atoms with Crippen LogP contribution in [0.25, 0.3) is 0 Å². The van der Waals surface area contributed by atoms with Gasteiger partial charge in [-0.05, 0) is 49.8 Å². The number of ether oxygens (including phenoxy) is 1. The van der Waals surface area contributed by atoms with Crippen LogP contribution in [0.15, 0.2) is 29.8 Å². The highest BCUT2D eigenvalue weighted by Crippen LogP contribution is 2.27. The molecule has 19 heavy (non-hydrogen) atoms. The smallest absolute Gasteiger partial charge is 0.333 e. The van der Waals surface area contributed by atoms with Gasteiger partial charge in [0.25, 0.3) is 0 Å². The van der Waals surface area contributed by atoms with Gasteiger partial charge in [-0.1, -0.05) is 18.2 Å². The van der Waals surface area contributed by atoms with Crippen molar-refractivity contribution in [2.75, 3.05) is 19.0 Å². The fourth-order valence-corrected chi connectivity index (χ4v) is 2.51. The molecule has 0 radical (unpaired) electrons. The average molecular weight is 259 g/mol. The number of hydrogen-bond acceptors (Lipinski definition) is 3. The van der Waals surface area contributed by atoms with E-state index in [4.69, 9.17) is 0 Å². The lowest BCUT2D eigenvalue weighted by atomic mass is 9.90. The van der Waals surface area contributed by atoms with Crippen molar-refractivity contribution in [1.29, 1.82) is 0 Å². The molecule has 0 fully saturated rings. The predicted molar refractivity (Wildman–Crippen MR) is 77.3 cm³/mol. The first-order valence-electron chi connectivity index (χ1n) is 6.82. The molecule has 2 rings (SSSR count). The van der Waals surface area contributed by atoms with E-state index in [-0.39, 0.29) is 5.97 Å². The first-order valence-corrected chi connectivity index (χ1v) is 6.82. The van der Waals surface area contributed by atoms with E-state index in [1.807, 2.05) is 6.08 Å². The van der Waals surface area contributed by atoms with Crippen LogP contribution in [0.5, 0.6) is 0 Å². The molecule has 0 aliphatic heterocycles. The molecule has 0 unspecified atom stereocenters. The molecule has 3 nitrogen and oxygen atoms in total. The third kappa shape index (κ3) is 3.37. The summed E-state index contributed by atoms with van der Waals surface area (Å²) in [6.07, 6.45) is 6.76. The zero-order valence-corrected chi connectivity index (χ0v) is 11.7. The van der Waals surface area contributed by atoms with E-state index in [2.05, 4.69) is 28.3 Å². The van der Waals surface area contributed by atoms with Gasteiger partial charge in [-0.3, -0.25) is 0 Å². The van der Waals surface area contributed by atoms with E-state index in [0.717, 1.165) is 6.42 Å². The predicted octanol–water partition coefficient (Wildman–Crippen LogP) is 3.10. The first kappa shape index (κ1) is 13.7. The van der Waals surface area contributed by atoms with Gasteiger partial charge in [0.2, 0.25) is 0 Å². The van der Waals surface area contributed by atoms with Crippen molar-refractivity contribution in [2.45, 2.75) is 32.6 Å². The number of carbonyl (C=O) groups is 1. The molecule has 0 aromatic heterocycles. The van der Waals surface area contributed by atoms with Gasteiger partial charge in [-0.15, -0.1) is 0 Å². The highest BCUT2D eigenvalue weighted by atomic mass is 16.5. The second-order valence-electron chi connectivity index (χ2n) is 4.91. The minimum absolute atomic E-state index is 0.267. The summed E-state index contributed by atoms with van der Waals surface area (Å²) in [5.41, 5.74) is 4.74. The molecule has 1 aromatic carbocycles. The first-order chi connectivity index (χ1) is 9.22.